The maximum absolute atomic E-state index is 6.10. The van der Waals surface area contributed by atoms with Gasteiger partial charge >= 0.3 is 0 Å². The van der Waals surface area contributed by atoms with Gasteiger partial charge in [-0.25, -0.2) is 0 Å². The molecule has 1 aromatic rings. The zero-order chi connectivity index (χ0) is 12.4. The molecule has 0 amide bonds. The van der Waals surface area contributed by atoms with Gasteiger partial charge in [-0.1, -0.05) is 30.3 Å². The summed E-state index contributed by atoms with van der Waals surface area (Å²) >= 11 is 0. The lowest BCUT2D eigenvalue weighted by Crippen LogP contribution is -2.50. The number of rotatable bonds is 3. The van der Waals surface area contributed by atoms with Crippen molar-refractivity contribution in [2.24, 2.45) is 0 Å². The fourth-order valence-electron chi connectivity index (χ4n) is 3.27. The third-order valence-electron chi connectivity index (χ3n) is 4.26. The molecule has 2 fully saturated rings. The van der Waals surface area contributed by atoms with Crippen LogP contribution in [0.2, 0.25) is 0 Å². The van der Waals surface area contributed by atoms with Crippen molar-refractivity contribution in [1.29, 1.82) is 0 Å². The average molecular weight is 246 g/mol. The van der Waals surface area contributed by atoms with Crippen LogP contribution in [0.25, 0.3) is 0 Å². The lowest BCUT2D eigenvalue weighted by molar-refractivity contribution is -0.0642. The van der Waals surface area contributed by atoms with Crippen molar-refractivity contribution in [1.82, 2.24) is 10.2 Å². The number of benzene rings is 1. The van der Waals surface area contributed by atoms with Gasteiger partial charge in [0, 0.05) is 12.6 Å². The maximum Gasteiger partial charge on any atom is 0.0897 e. The number of nitrogens with one attached hydrogen (secondary N) is 1. The highest BCUT2D eigenvalue weighted by Crippen LogP contribution is 2.28. The Morgan fingerprint density at radius 2 is 2.17 bits per heavy atom. The first-order valence-corrected chi connectivity index (χ1v) is 6.96. The van der Waals surface area contributed by atoms with Crippen molar-refractivity contribution >= 4 is 0 Å². The van der Waals surface area contributed by atoms with E-state index < -0.39 is 0 Å². The Hall–Kier alpha value is -0.900. The summed E-state index contributed by atoms with van der Waals surface area (Å²) in [7, 11) is 2.02. The van der Waals surface area contributed by atoms with Crippen molar-refractivity contribution in [3.05, 3.63) is 35.9 Å². The molecule has 0 radical (unpaired) electrons. The van der Waals surface area contributed by atoms with Gasteiger partial charge < -0.3 is 10.1 Å². The predicted octanol–water partition coefficient (Wildman–Crippen LogP) is 1.81. The first-order valence-electron chi connectivity index (χ1n) is 6.96. The normalized spacial score (nSPS) is 30.1. The minimum atomic E-state index is 0.270. The number of hydrogen-bond acceptors (Lipinski definition) is 3. The molecule has 1 N–H and O–H groups in total. The Labute approximate surface area is 109 Å². The maximum atomic E-state index is 6.10. The second-order valence-corrected chi connectivity index (χ2v) is 5.34. The summed E-state index contributed by atoms with van der Waals surface area (Å²) in [4.78, 5) is 2.60. The molecular weight excluding hydrogens is 224 g/mol. The molecule has 0 saturated carbocycles. The number of nitrogens with zero attached hydrogens (tertiary/aromatic N) is 1. The monoisotopic (exact) mass is 246 g/mol. The molecule has 2 aliphatic heterocycles. The van der Waals surface area contributed by atoms with Crippen LogP contribution in [0.1, 0.15) is 24.4 Å². The zero-order valence-corrected chi connectivity index (χ0v) is 11.0. The molecule has 3 unspecified atom stereocenters. The molecule has 0 bridgehead atoms. The molecule has 0 aromatic heterocycles. The van der Waals surface area contributed by atoms with Gasteiger partial charge in [-0.3, -0.25) is 4.90 Å². The van der Waals surface area contributed by atoms with E-state index in [0.29, 0.717) is 12.1 Å². The van der Waals surface area contributed by atoms with Gasteiger partial charge in [0.2, 0.25) is 0 Å². The van der Waals surface area contributed by atoms with Crippen LogP contribution in [0.5, 0.6) is 0 Å². The van der Waals surface area contributed by atoms with Gasteiger partial charge in [-0.2, -0.15) is 0 Å². The van der Waals surface area contributed by atoms with E-state index in [2.05, 4.69) is 40.5 Å². The molecule has 1 aromatic carbocycles. The number of fused-ring (bicyclic) bond motifs is 1. The van der Waals surface area contributed by atoms with Gasteiger partial charge in [-0.05, 0) is 32.0 Å². The van der Waals surface area contributed by atoms with E-state index in [4.69, 9.17) is 4.74 Å². The lowest BCUT2D eigenvalue weighted by Gasteiger charge is -2.39. The van der Waals surface area contributed by atoms with Crippen molar-refractivity contribution in [2.45, 2.75) is 31.0 Å². The summed E-state index contributed by atoms with van der Waals surface area (Å²) in [5.74, 6) is 0. The quantitative estimate of drug-likeness (QED) is 0.880. The second-order valence-electron chi connectivity index (χ2n) is 5.34. The molecule has 0 spiro atoms. The van der Waals surface area contributed by atoms with E-state index in [0.717, 1.165) is 13.2 Å². The van der Waals surface area contributed by atoms with E-state index in [9.17, 15) is 0 Å². The summed E-state index contributed by atoms with van der Waals surface area (Å²) in [5.41, 5.74) is 1.32. The van der Waals surface area contributed by atoms with Crippen molar-refractivity contribution < 1.29 is 4.74 Å². The van der Waals surface area contributed by atoms with Gasteiger partial charge in [-0.15, -0.1) is 0 Å². The fourth-order valence-corrected chi connectivity index (χ4v) is 3.27. The second kappa shape index (κ2) is 5.39. The highest BCUT2D eigenvalue weighted by molar-refractivity contribution is 5.20. The van der Waals surface area contributed by atoms with Crippen LogP contribution >= 0.6 is 0 Å². The SMILES string of the molecule is CNC(c1ccccc1)C1CN2CCCC2CO1. The molecule has 2 heterocycles. The molecule has 3 rings (SSSR count). The predicted molar refractivity (Wildman–Crippen MR) is 72.6 cm³/mol. The molecular formula is C15H22N2O. The zero-order valence-electron chi connectivity index (χ0n) is 11.0. The molecule has 2 aliphatic rings. The summed E-state index contributed by atoms with van der Waals surface area (Å²) < 4.78 is 6.10. The lowest BCUT2D eigenvalue weighted by atomic mass is 9.99. The topological polar surface area (TPSA) is 24.5 Å². The molecule has 3 nitrogen and oxygen atoms in total. The van der Waals surface area contributed by atoms with Gasteiger partial charge in [0.1, 0.15) is 0 Å². The Kier molecular flexibility index (Phi) is 3.64. The Morgan fingerprint density at radius 1 is 1.33 bits per heavy atom. The minimum Gasteiger partial charge on any atom is -0.373 e. The average Bonchev–Trinajstić information content (AvgIpc) is 2.88. The van der Waals surface area contributed by atoms with Crippen molar-refractivity contribution in [3.8, 4) is 0 Å². The smallest absolute Gasteiger partial charge is 0.0897 e. The molecule has 0 aliphatic carbocycles. The Balaban J connectivity index is 1.72. The Morgan fingerprint density at radius 3 is 2.94 bits per heavy atom. The van der Waals surface area contributed by atoms with Crippen LogP contribution in [-0.2, 0) is 4.74 Å². The van der Waals surface area contributed by atoms with Gasteiger partial charge in [0.05, 0.1) is 18.8 Å². The minimum absolute atomic E-state index is 0.270. The van der Waals surface area contributed by atoms with Crippen LogP contribution in [0.3, 0.4) is 0 Å². The molecule has 2 saturated heterocycles. The van der Waals surface area contributed by atoms with E-state index in [-0.39, 0.29) is 6.10 Å². The fraction of sp³-hybridized carbons (Fsp3) is 0.600. The number of likely N-dealkylation sites (N-methyl/N-ethyl adjacent to an activating group) is 1. The van der Waals surface area contributed by atoms with Crippen molar-refractivity contribution in [3.63, 3.8) is 0 Å². The molecule has 98 valence electrons. The van der Waals surface area contributed by atoms with Crippen LogP contribution in [-0.4, -0.2) is 43.8 Å². The summed E-state index contributed by atoms with van der Waals surface area (Å²) in [6.45, 7) is 3.20. The highest BCUT2D eigenvalue weighted by Gasteiger charge is 2.35. The van der Waals surface area contributed by atoms with Gasteiger partial charge in [0.25, 0.3) is 0 Å². The highest BCUT2D eigenvalue weighted by atomic mass is 16.5. The van der Waals surface area contributed by atoms with Crippen LogP contribution in [0.4, 0.5) is 0 Å². The third kappa shape index (κ3) is 2.30. The van der Waals surface area contributed by atoms with Crippen LogP contribution < -0.4 is 5.32 Å². The largest absolute Gasteiger partial charge is 0.373 e. The van der Waals surface area contributed by atoms with Crippen LogP contribution in [0, 0.1) is 0 Å². The van der Waals surface area contributed by atoms with E-state index in [1.165, 1.54) is 24.9 Å². The summed E-state index contributed by atoms with van der Waals surface area (Å²) in [6.07, 6.45) is 2.91. The number of hydrogen-bond donors (Lipinski definition) is 1. The summed E-state index contributed by atoms with van der Waals surface area (Å²) in [5, 5.41) is 3.42. The van der Waals surface area contributed by atoms with Crippen molar-refractivity contribution in [2.75, 3.05) is 26.7 Å². The Bertz CT molecular complexity index is 381. The number of morpholine rings is 1. The molecule has 18 heavy (non-hydrogen) atoms. The summed E-state index contributed by atoms with van der Waals surface area (Å²) in [6, 6.07) is 11.6. The van der Waals surface area contributed by atoms with Gasteiger partial charge in [0.15, 0.2) is 0 Å². The van der Waals surface area contributed by atoms with Crippen LogP contribution in [0.15, 0.2) is 30.3 Å². The molecule has 3 atom stereocenters. The van der Waals surface area contributed by atoms with E-state index >= 15 is 0 Å². The van der Waals surface area contributed by atoms with E-state index in [1.54, 1.807) is 0 Å². The standard InChI is InChI=1S/C15H22N2O/c1-16-15(12-6-3-2-4-7-12)14-10-17-9-5-8-13(17)11-18-14/h2-4,6-7,13-16H,5,8-11H2,1H3. The number of ether oxygens (including phenoxy) is 1. The third-order valence-corrected chi connectivity index (χ3v) is 4.26. The molecule has 3 heteroatoms. The first-order chi connectivity index (χ1) is 8.88. The van der Waals surface area contributed by atoms with E-state index in [1.807, 2.05) is 7.05 Å². The first kappa shape index (κ1) is 12.2.